The highest BCUT2D eigenvalue weighted by Crippen LogP contribution is 2.25. The average Bonchev–Trinajstić information content (AvgIpc) is 3.43. The van der Waals surface area contributed by atoms with Crippen LogP contribution < -0.4 is 4.72 Å². The molecule has 1 N–H and O–H groups in total. The molecule has 4 aromatic rings. The molecule has 0 fully saturated rings. The zero-order chi connectivity index (χ0) is 21.8. The predicted molar refractivity (Wildman–Crippen MR) is 118 cm³/mol. The van der Waals surface area contributed by atoms with Gasteiger partial charge in [0.2, 0.25) is 10.0 Å². The van der Waals surface area contributed by atoms with Crippen molar-refractivity contribution in [2.75, 3.05) is 12.3 Å². The van der Waals surface area contributed by atoms with E-state index >= 15 is 0 Å². The molecule has 9 nitrogen and oxygen atoms in total. The summed E-state index contributed by atoms with van der Waals surface area (Å²) in [4.78, 5) is 9.04. The first-order valence-corrected chi connectivity index (χ1v) is 11.5. The molecule has 3 heterocycles. The molecule has 0 atom stereocenters. The Labute approximate surface area is 180 Å². The number of sulfonamides is 1. The van der Waals surface area contributed by atoms with Gasteiger partial charge in [-0.3, -0.25) is 9.36 Å². The number of hydrogen-bond donors (Lipinski definition) is 1. The minimum atomic E-state index is -3.20. The fourth-order valence-corrected chi connectivity index (χ4v) is 3.69. The lowest BCUT2D eigenvalue weighted by molar-refractivity contribution is 0.562. The van der Waals surface area contributed by atoms with Crippen LogP contribution in [0, 0.1) is 0 Å². The van der Waals surface area contributed by atoms with Gasteiger partial charge in [0.15, 0.2) is 5.82 Å². The maximum Gasteiger partial charge on any atom is 0.211 e. The molecule has 31 heavy (non-hydrogen) atoms. The lowest BCUT2D eigenvalue weighted by Gasteiger charge is -2.05. The van der Waals surface area contributed by atoms with Gasteiger partial charge in [0.25, 0.3) is 0 Å². The van der Waals surface area contributed by atoms with Crippen molar-refractivity contribution in [1.29, 1.82) is 0 Å². The second-order valence-corrected chi connectivity index (χ2v) is 9.16. The number of benzene rings is 1. The molecule has 0 radical (unpaired) electrons. The third-order valence-electron chi connectivity index (χ3n) is 4.82. The summed E-state index contributed by atoms with van der Waals surface area (Å²) in [5.41, 5.74) is 4.72. The fraction of sp³-hybridized carbons (Fsp3) is 0.238. The van der Waals surface area contributed by atoms with Crippen LogP contribution in [0.2, 0.25) is 0 Å². The van der Waals surface area contributed by atoms with Crippen LogP contribution in [0.25, 0.3) is 33.6 Å². The maximum absolute atomic E-state index is 11.5. The molecule has 0 aliphatic rings. The van der Waals surface area contributed by atoms with Gasteiger partial charge in [-0.05, 0) is 18.6 Å². The van der Waals surface area contributed by atoms with Crippen LogP contribution >= 0.6 is 0 Å². The Kier molecular flexibility index (Phi) is 5.92. The van der Waals surface area contributed by atoms with Crippen LogP contribution in [0.4, 0.5) is 0 Å². The van der Waals surface area contributed by atoms with Crippen LogP contribution in [0.1, 0.15) is 6.92 Å². The molecule has 0 unspecified atom stereocenters. The molecule has 0 amide bonds. The third kappa shape index (κ3) is 5.04. The van der Waals surface area contributed by atoms with Gasteiger partial charge >= 0.3 is 0 Å². The first-order valence-electron chi connectivity index (χ1n) is 9.85. The molecule has 160 valence electrons. The first-order chi connectivity index (χ1) is 14.9. The monoisotopic (exact) mass is 437 g/mol. The number of rotatable bonds is 8. The van der Waals surface area contributed by atoms with E-state index in [1.54, 1.807) is 34.9 Å². The lowest BCUT2D eigenvalue weighted by Crippen LogP contribution is -2.28. The lowest BCUT2D eigenvalue weighted by atomic mass is 10.1. The summed E-state index contributed by atoms with van der Waals surface area (Å²) in [6.07, 6.45) is 10.9. The Hall–Kier alpha value is -3.37. The highest BCUT2D eigenvalue weighted by Gasteiger charge is 2.09. The molecule has 0 saturated heterocycles. The summed E-state index contributed by atoms with van der Waals surface area (Å²) in [6, 6.07) is 8.03. The molecule has 0 saturated carbocycles. The Morgan fingerprint density at radius 2 is 1.61 bits per heavy atom. The molecule has 0 aliphatic carbocycles. The second kappa shape index (κ2) is 8.78. The van der Waals surface area contributed by atoms with Crippen LogP contribution in [-0.4, -0.2) is 50.2 Å². The number of aryl methyl sites for hydroxylation is 1. The van der Waals surface area contributed by atoms with Crippen molar-refractivity contribution in [2.45, 2.75) is 13.5 Å². The summed E-state index contributed by atoms with van der Waals surface area (Å²) < 4.78 is 29.0. The smallest absolute Gasteiger partial charge is 0.211 e. The molecular formula is C21H23N7O2S. The van der Waals surface area contributed by atoms with Gasteiger partial charge in [-0.25, -0.2) is 23.1 Å². The molecule has 3 aromatic heterocycles. The van der Waals surface area contributed by atoms with Gasteiger partial charge < -0.3 is 0 Å². The maximum atomic E-state index is 11.5. The van der Waals surface area contributed by atoms with Crippen molar-refractivity contribution >= 4 is 10.0 Å². The quantitative estimate of drug-likeness (QED) is 0.453. The van der Waals surface area contributed by atoms with Crippen molar-refractivity contribution < 1.29 is 8.42 Å². The number of hydrogen-bond acceptors (Lipinski definition) is 6. The van der Waals surface area contributed by atoms with E-state index in [2.05, 4.69) is 24.9 Å². The van der Waals surface area contributed by atoms with Gasteiger partial charge in [-0.1, -0.05) is 18.2 Å². The number of aromatic nitrogens is 6. The van der Waals surface area contributed by atoms with E-state index in [0.717, 1.165) is 27.8 Å². The topological polar surface area (TPSA) is 108 Å². The Morgan fingerprint density at radius 1 is 0.903 bits per heavy atom. The Bertz CT molecular complexity index is 1280. The van der Waals surface area contributed by atoms with Crippen molar-refractivity contribution in [2.24, 2.45) is 7.05 Å². The molecule has 4 rings (SSSR count). The number of nitrogens with one attached hydrogen (secondary N) is 1. The van der Waals surface area contributed by atoms with Crippen LogP contribution in [0.15, 0.2) is 61.4 Å². The van der Waals surface area contributed by atoms with Crippen LogP contribution in [0.5, 0.6) is 0 Å². The van der Waals surface area contributed by atoms with Gasteiger partial charge in [-0.2, -0.15) is 10.2 Å². The first kappa shape index (κ1) is 20.9. The van der Waals surface area contributed by atoms with E-state index in [4.69, 9.17) is 0 Å². The van der Waals surface area contributed by atoms with Crippen molar-refractivity contribution in [3.63, 3.8) is 0 Å². The van der Waals surface area contributed by atoms with Gasteiger partial charge in [0.05, 0.1) is 24.7 Å². The van der Waals surface area contributed by atoms with E-state index < -0.39 is 10.0 Å². The molecule has 0 bridgehead atoms. The SMILES string of the molecule is CCS(=O)(=O)NCCn1cc(-c2cnc(-c3cccc(-c4cnn(C)c4)c3)nc2)cn1. The molecule has 0 spiro atoms. The summed E-state index contributed by atoms with van der Waals surface area (Å²) in [5.74, 6) is 0.697. The standard InChI is InChI=1S/C21H23N7O2S/c1-3-31(29,30)26-7-8-28-15-20(13-25-28)18-10-22-21(23-11-18)17-6-4-5-16(9-17)19-12-24-27(2)14-19/h4-6,9-15,26H,3,7-8H2,1-2H3. The summed E-state index contributed by atoms with van der Waals surface area (Å²) >= 11 is 0. The third-order valence-corrected chi connectivity index (χ3v) is 6.22. The summed E-state index contributed by atoms with van der Waals surface area (Å²) in [7, 11) is -1.31. The predicted octanol–water partition coefficient (Wildman–Crippen LogP) is 2.35. The average molecular weight is 438 g/mol. The van der Waals surface area contributed by atoms with Crippen molar-refractivity contribution in [3.05, 3.63) is 61.4 Å². The molecule has 0 aliphatic heterocycles. The molecule has 10 heteroatoms. The Balaban J connectivity index is 1.46. The fourth-order valence-electron chi connectivity index (χ4n) is 3.09. The van der Waals surface area contributed by atoms with E-state index in [1.165, 1.54) is 0 Å². The van der Waals surface area contributed by atoms with Crippen LogP contribution in [0.3, 0.4) is 0 Å². The normalized spacial score (nSPS) is 11.7. The molecular weight excluding hydrogens is 414 g/mol. The Morgan fingerprint density at radius 3 is 2.32 bits per heavy atom. The highest BCUT2D eigenvalue weighted by atomic mass is 32.2. The van der Waals surface area contributed by atoms with Gasteiger partial charge in [0, 0.05) is 60.6 Å². The van der Waals surface area contributed by atoms with E-state index in [-0.39, 0.29) is 5.75 Å². The van der Waals surface area contributed by atoms with E-state index in [9.17, 15) is 8.42 Å². The second-order valence-electron chi connectivity index (χ2n) is 7.07. The zero-order valence-corrected chi connectivity index (χ0v) is 18.1. The summed E-state index contributed by atoms with van der Waals surface area (Å²) in [6.45, 7) is 2.34. The minimum absolute atomic E-state index is 0.0617. The van der Waals surface area contributed by atoms with Crippen molar-refractivity contribution in [3.8, 4) is 33.6 Å². The summed E-state index contributed by atoms with van der Waals surface area (Å²) in [5, 5.41) is 8.51. The zero-order valence-electron chi connectivity index (χ0n) is 17.3. The van der Waals surface area contributed by atoms with Gasteiger partial charge in [0.1, 0.15) is 0 Å². The van der Waals surface area contributed by atoms with Crippen molar-refractivity contribution in [1.82, 2.24) is 34.3 Å². The molecule has 1 aromatic carbocycles. The minimum Gasteiger partial charge on any atom is -0.275 e. The van der Waals surface area contributed by atoms with E-state index in [0.29, 0.717) is 18.9 Å². The van der Waals surface area contributed by atoms with Gasteiger partial charge in [-0.15, -0.1) is 0 Å². The number of nitrogens with zero attached hydrogens (tertiary/aromatic N) is 6. The van der Waals surface area contributed by atoms with Crippen LogP contribution in [-0.2, 0) is 23.6 Å². The van der Waals surface area contributed by atoms with E-state index in [1.807, 2.05) is 49.9 Å². The highest BCUT2D eigenvalue weighted by molar-refractivity contribution is 7.89. The largest absolute Gasteiger partial charge is 0.275 e.